The zero-order chi connectivity index (χ0) is 16.6. The molecule has 0 unspecified atom stereocenters. The van der Waals surface area contributed by atoms with Crippen LogP contribution >= 0.6 is 23.4 Å². The van der Waals surface area contributed by atoms with Crippen molar-refractivity contribution in [3.63, 3.8) is 0 Å². The molecule has 0 spiro atoms. The van der Waals surface area contributed by atoms with Gasteiger partial charge in [-0.15, -0.1) is 11.8 Å². The van der Waals surface area contributed by atoms with E-state index in [1.54, 1.807) is 36.0 Å². The Kier molecular flexibility index (Phi) is 4.13. The minimum Gasteiger partial charge on any atom is -0.507 e. The molecule has 23 heavy (non-hydrogen) atoms. The van der Waals surface area contributed by atoms with E-state index in [0.717, 1.165) is 4.90 Å². The van der Waals surface area contributed by atoms with E-state index in [4.69, 9.17) is 11.6 Å². The van der Waals surface area contributed by atoms with Crippen molar-refractivity contribution < 1.29 is 9.90 Å². The minimum absolute atomic E-state index is 0.0314. The van der Waals surface area contributed by atoms with Crippen LogP contribution in [0.25, 0.3) is 5.76 Å². The van der Waals surface area contributed by atoms with Gasteiger partial charge in [-0.2, -0.15) is 0 Å². The van der Waals surface area contributed by atoms with Crippen molar-refractivity contribution in [3.05, 3.63) is 64.7 Å². The summed E-state index contributed by atoms with van der Waals surface area (Å²) in [6.45, 7) is 3.85. The highest BCUT2D eigenvalue weighted by atomic mass is 35.5. The number of anilines is 1. The third-order valence-corrected chi connectivity index (χ3v) is 5.18. The van der Waals surface area contributed by atoms with Gasteiger partial charge >= 0.3 is 0 Å². The standard InChI is InChI=1S/C18H16ClNO2S/c1-18(2)15(16(21)13-8-3-4-9-14(13)23-18)17(22)20-12-7-5-6-11(19)10-12/h3-10,21H,1-2H3,(H,20,22). The van der Waals surface area contributed by atoms with E-state index in [1.807, 2.05) is 38.1 Å². The van der Waals surface area contributed by atoms with E-state index in [-0.39, 0.29) is 11.7 Å². The Balaban J connectivity index is 2.01. The summed E-state index contributed by atoms with van der Waals surface area (Å²) in [6, 6.07) is 14.5. The first-order valence-corrected chi connectivity index (χ1v) is 8.37. The second kappa shape index (κ2) is 5.95. The molecular weight excluding hydrogens is 330 g/mol. The van der Waals surface area contributed by atoms with Gasteiger partial charge in [0.15, 0.2) is 0 Å². The van der Waals surface area contributed by atoms with E-state index < -0.39 is 4.75 Å². The second-order valence-electron chi connectivity index (χ2n) is 5.80. The van der Waals surface area contributed by atoms with Crippen LogP contribution in [-0.2, 0) is 4.79 Å². The monoisotopic (exact) mass is 345 g/mol. The predicted molar refractivity (Wildman–Crippen MR) is 96.0 cm³/mol. The van der Waals surface area contributed by atoms with Gasteiger partial charge < -0.3 is 10.4 Å². The average molecular weight is 346 g/mol. The Morgan fingerprint density at radius 2 is 1.91 bits per heavy atom. The third-order valence-electron chi connectivity index (χ3n) is 3.66. The van der Waals surface area contributed by atoms with Gasteiger partial charge in [0.2, 0.25) is 0 Å². The molecule has 3 rings (SSSR count). The summed E-state index contributed by atoms with van der Waals surface area (Å²) in [5.41, 5.74) is 1.65. The number of rotatable bonds is 2. The van der Waals surface area contributed by atoms with Gasteiger partial charge in [0.1, 0.15) is 5.76 Å². The van der Waals surface area contributed by atoms with Crippen molar-refractivity contribution >= 4 is 40.7 Å². The SMILES string of the molecule is CC1(C)Sc2ccccc2C(O)=C1C(=O)Nc1cccc(Cl)c1. The number of carbonyl (C=O) groups is 1. The molecule has 1 aliphatic rings. The van der Waals surface area contributed by atoms with Crippen LogP contribution in [0.2, 0.25) is 5.02 Å². The van der Waals surface area contributed by atoms with Crippen molar-refractivity contribution in [1.29, 1.82) is 0 Å². The number of aliphatic hydroxyl groups excluding tert-OH is 1. The number of hydrogen-bond donors (Lipinski definition) is 2. The van der Waals surface area contributed by atoms with Crippen molar-refractivity contribution in [3.8, 4) is 0 Å². The van der Waals surface area contributed by atoms with E-state index in [9.17, 15) is 9.90 Å². The lowest BCUT2D eigenvalue weighted by molar-refractivity contribution is -0.113. The van der Waals surface area contributed by atoms with Crippen LogP contribution in [-0.4, -0.2) is 15.8 Å². The number of amides is 1. The number of fused-ring (bicyclic) bond motifs is 1. The molecule has 0 radical (unpaired) electrons. The van der Waals surface area contributed by atoms with E-state index in [1.165, 1.54) is 0 Å². The maximum atomic E-state index is 12.7. The molecule has 0 saturated carbocycles. The highest BCUT2D eigenvalue weighted by molar-refractivity contribution is 8.01. The molecule has 3 nitrogen and oxygen atoms in total. The van der Waals surface area contributed by atoms with Gasteiger partial charge in [-0.05, 0) is 38.1 Å². The molecule has 0 atom stereocenters. The summed E-state index contributed by atoms with van der Waals surface area (Å²) in [6.07, 6.45) is 0. The van der Waals surface area contributed by atoms with E-state index in [2.05, 4.69) is 5.32 Å². The van der Waals surface area contributed by atoms with Gasteiger partial charge in [-0.3, -0.25) is 4.79 Å². The highest BCUT2D eigenvalue weighted by Crippen LogP contribution is 2.47. The largest absolute Gasteiger partial charge is 0.507 e. The number of hydrogen-bond acceptors (Lipinski definition) is 3. The molecule has 0 fully saturated rings. The van der Waals surface area contributed by atoms with Gasteiger partial charge in [0, 0.05) is 25.9 Å². The fraction of sp³-hybridized carbons (Fsp3) is 0.167. The summed E-state index contributed by atoms with van der Waals surface area (Å²) < 4.78 is -0.541. The summed E-state index contributed by atoms with van der Waals surface area (Å²) >= 11 is 7.51. The lowest BCUT2D eigenvalue weighted by Crippen LogP contribution is -2.32. The smallest absolute Gasteiger partial charge is 0.256 e. The van der Waals surface area contributed by atoms with Gasteiger partial charge in [-0.25, -0.2) is 0 Å². The molecule has 0 aromatic heterocycles. The molecule has 5 heteroatoms. The number of nitrogens with one attached hydrogen (secondary N) is 1. The van der Waals surface area contributed by atoms with Crippen LogP contribution in [0.3, 0.4) is 0 Å². The molecule has 1 aliphatic heterocycles. The molecule has 1 amide bonds. The summed E-state index contributed by atoms with van der Waals surface area (Å²) in [4.78, 5) is 13.7. The molecule has 0 saturated heterocycles. The van der Waals surface area contributed by atoms with Gasteiger partial charge in [0.05, 0.1) is 5.57 Å². The Bertz CT molecular complexity index is 814. The number of thioether (sulfide) groups is 1. The number of halogens is 1. The number of benzene rings is 2. The fourth-order valence-corrected chi connectivity index (χ4v) is 4.09. The van der Waals surface area contributed by atoms with Crippen molar-refractivity contribution in [2.75, 3.05) is 5.32 Å². The van der Waals surface area contributed by atoms with Gasteiger partial charge in [0.25, 0.3) is 5.91 Å². The summed E-state index contributed by atoms with van der Waals surface area (Å²) in [7, 11) is 0. The number of aliphatic hydroxyl groups is 1. The average Bonchev–Trinajstić information content (AvgIpc) is 2.46. The van der Waals surface area contributed by atoms with E-state index in [0.29, 0.717) is 21.8 Å². The maximum Gasteiger partial charge on any atom is 0.256 e. The Labute approximate surface area is 144 Å². The highest BCUT2D eigenvalue weighted by Gasteiger charge is 2.38. The molecule has 0 aliphatic carbocycles. The first kappa shape index (κ1) is 16.0. The molecule has 0 bridgehead atoms. The van der Waals surface area contributed by atoms with Crippen molar-refractivity contribution in [1.82, 2.24) is 0 Å². The Morgan fingerprint density at radius 3 is 2.65 bits per heavy atom. The lowest BCUT2D eigenvalue weighted by Gasteiger charge is -2.32. The zero-order valence-corrected chi connectivity index (χ0v) is 14.3. The minimum atomic E-state index is -0.541. The van der Waals surface area contributed by atoms with Gasteiger partial charge in [-0.1, -0.05) is 35.9 Å². The topological polar surface area (TPSA) is 49.3 Å². The summed E-state index contributed by atoms with van der Waals surface area (Å²) in [5.74, 6) is -0.291. The van der Waals surface area contributed by atoms with Crippen molar-refractivity contribution in [2.24, 2.45) is 0 Å². The molecular formula is C18H16ClNO2S. The molecule has 118 valence electrons. The Hall–Kier alpha value is -1.91. The first-order chi connectivity index (χ1) is 10.9. The van der Waals surface area contributed by atoms with Crippen LogP contribution in [0.4, 0.5) is 5.69 Å². The lowest BCUT2D eigenvalue weighted by atomic mass is 9.95. The number of carbonyl (C=O) groups excluding carboxylic acids is 1. The predicted octanol–water partition coefficient (Wildman–Crippen LogP) is 5.13. The zero-order valence-electron chi connectivity index (χ0n) is 12.8. The molecule has 2 N–H and O–H groups in total. The van der Waals surface area contributed by atoms with Crippen LogP contribution in [0.5, 0.6) is 0 Å². The van der Waals surface area contributed by atoms with E-state index >= 15 is 0 Å². The van der Waals surface area contributed by atoms with Crippen molar-refractivity contribution in [2.45, 2.75) is 23.5 Å². The third kappa shape index (κ3) is 3.09. The molecule has 2 aromatic rings. The maximum absolute atomic E-state index is 12.7. The normalized spacial score (nSPS) is 16.0. The quantitative estimate of drug-likeness (QED) is 0.793. The van der Waals surface area contributed by atoms with Crippen LogP contribution in [0.1, 0.15) is 19.4 Å². The summed E-state index contributed by atoms with van der Waals surface area (Å²) in [5, 5.41) is 14.0. The van der Waals surface area contributed by atoms with Crippen LogP contribution < -0.4 is 5.32 Å². The first-order valence-electron chi connectivity index (χ1n) is 7.17. The Morgan fingerprint density at radius 1 is 1.17 bits per heavy atom. The fourth-order valence-electron chi connectivity index (χ4n) is 2.64. The van der Waals surface area contributed by atoms with Crippen LogP contribution in [0, 0.1) is 0 Å². The van der Waals surface area contributed by atoms with Crippen LogP contribution in [0.15, 0.2) is 59.0 Å². The molecule has 1 heterocycles. The second-order valence-corrected chi connectivity index (χ2v) is 7.90. The molecule has 2 aromatic carbocycles.